The molecule has 7 nitrogen and oxygen atoms in total. The van der Waals surface area contributed by atoms with Gasteiger partial charge in [-0.05, 0) is 37.5 Å². The van der Waals surface area contributed by atoms with Crippen molar-refractivity contribution in [3.63, 3.8) is 0 Å². The number of alkyl halides is 2. The van der Waals surface area contributed by atoms with Gasteiger partial charge in [-0.25, -0.2) is 18.0 Å². The summed E-state index contributed by atoms with van der Waals surface area (Å²) >= 11 is 5.85. The van der Waals surface area contributed by atoms with E-state index in [-0.39, 0.29) is 48.8 Å². The van der Waals surface area contributed by atoms with Crippen LogP contribution in [0.5, 0.6) is 0 Å². The molecule has 3 amide bonds. The van der Waals surface area contributed by atoms with Crippen molar-refractivity contribution in [1.82, 2.24) is 20.0 Å². The number of benzene rings is 1. The standard InChI is InChI=1S/C19H19ClF3N5O2/c20-11-8-10(2-3-12(11)21)15-14(16(24)29)13-9-27(6-7-28(13)26-15)18(30)25-19(17(22)23)4-1-5-19/h2-3,8,17H,1,4-7,9H2,(H2,24,29)(H,25,30). The third kappa shape index (κ3) is 3.38. The smallest absolute Gasteiger partial charge is 0.318 e. The molecule has 0 saturated heterocycles. The zero-order chi connectivity index (χ0) is 21.6. The van der Waals surface area contributed by atoms with Crippen molar-refractivity contribution in [3.8, 4) is 11.3 Å². The average Bonchev–Trinajstić information content (AvgIpc) is 3.05. The van der Waals surface area contributed by atoms with Crippen LogP contribution in [0.4, 0.5) is 18.0 Å². The van der Waals surface area contributed by atoms with E-state index in [2.05, 4.69) is 10.4 Å². The lowest BCUT2D eigenvalue weighted by Gasteiger charge is -2.43. The van der Waals surface area contributed by atoms with Crippen molar-refractivity contribution in [2.24, 2.45) is 5.73 Å². The topological polar surface area (TPSA) is 93.2 Å². The normalized spacial score (nSPS) is 17.4. The zero-order valence-corrected chi connectivity index (χ0v) is 16.6. The first-order valence-corrected chi connectivity index (χ1v) is 9.80. The van der Waals surface area contributed by atoms with Gasteiger partial charge in [-0.2, -0.15) is 5.10 Å². The highest BCUT2D eigenvalue weighted by atomic mass is 35.5. The molecule has 3 N–H and O–H groups in total. The predicted octanol–water partition coefficient (Wildman–Crippen LogP) is 3.15. The number of amides is 3. The Morgan fingerprint density at radius 3 is 2.57 bits per heavy atom. The number of carbonyl (C=O) groups is 2. The predicted molar refractivity (Wildman–Crippen MR) is 103 cm³/mol. The van der Waals surface area contributed by atoms with Gasteiger partial charge in [0.15, 0.2) is 0 Å². The second kappa shape index (κ2) is 7.50. The van der Waals surface area contributed by atoms with Crippen molar-refractivity contribution < 1.29 is 22.8 Å². The Hall–Kier alpha value is -2.75. The lowest BCUT2D eigenvalue weighted by molar-refractivity contribution is -0.0141. The minimum absolute atomic E-state index is 0.0225. The summed E-state index contributed by atoms with van der Waals surface area (Å²) in [6, 6.07) is 3.30. The summed E-state index contributed by atoms with van der Waals surface area (Å²) in [4.78, 5) is 26.2. The number of hydrogen-bond acceptors (Lipinski definition) is 3. The van der Waals surface area contributed by atoms with Gasteiger partial charge in [0.25, 0.3) is 12.3 Å². The third-order valence-corrected chi connectivity index (χ3v) is 6.02. The number of nitrogens with one attached hydrogen (secondary N) is 1. The SMILES string of the molecule is NC(=O)c1c(-c2ccc(F)c(Cl)c2)nn2c1CN(C(=O)NC1(C(F)F)CCC1)CC2. The second-order valence-corrected chi connectivity index (χ2v) is 7.96. The number of fused-ring (bicyclic) bond motifs is 1. The fraction of sp³-hybridized carbons (Fsp3) is 0.421. The molecule has 0 radical (unpaired) electrons. The monoisotopic (exact) mass is 441 g/mol. The molecule has 1 aliphatic carbocycles. The van der Waals surface area contributed by atoms with Crippen LogP contribution in [0.1, 0.15) is 35.3 Å². The number of carbonyl (C=O) groups excluding carboxylic acids is 2. The Bertz CT molecular complexity index is 1020. The molecule has 0 atom stereocenters. The average molecular weight is 442 g/mol. The first-order chi connectivity index (χ1) is 14.2. The molecule has 4 rings (SSSR count). The minimum Gasteiger partial charge on any atom is -0.365 e. The molecule has 1 aromatic heterocycles. The quantitative estimate of drug-likeness (QED) is 0.763. The Morgan fingerprint density at radius 2 is 2.00 bits per heavy atom. The number of rotatable bonds is 4. The number of hydrogen-bond donors (Lipinski definition) is 2. The van der Waals surface area contributed by atoms with Crippen LogP contribution in [0.3, 0.4) is 0 Å². The minimum atomic E-state index is -2.65. The summed E-state index contributed by atoms with van der Waals surface area (Å²) < 4.78 is 41.8. The maximum atomic E-state index is 13.5. The van der Waals surface area contributed by atoms with Crippen LogP contribution in [0, 0.1) is 5.82 Å². The van der Waals surface area contributed by atoms with Gasteiger partial charge in [-0.1, -0.05) is 11.6 Å². The fourth-order valence-electron chi connectivity index (χ4n) is 3.84. The highest BCUT2D eigenvalue weighted by molar-refractivity contribution is 6.31. The largest absolute Gasteiger partial charge is 0.365 e. The third-order valence-electron chi connectivity index (χ3n) is 5.73. The van der Waals surface area contributed by atoms with Gasteiger partial charge in [0, 0.05) is 12.1 Å². The first-order valence-electron chi connectivity index (χ1n) is 9.42. The number of urea groups is 1. The number of nitrogens with two attached hydrogens (primary N) is 1. The van der Waals surface area contributed by atoms with E-state index in [0.29, 0.717) is 17.7 Å². The molecule has 160 valence electrons. The van der Waals surface area contributed by atoms with Crippen molar-refractivity contribution >= 4 is 23.5 Å². The Kier molecular flexibility index (Phi) is 5.13. The van der Waals surface area contributed by atoms with E-state index >= 15 is 0 Å². The Morgan fingerprint density at radius 1 is 1.27 bits per heavy atom. The Labute approximate surface area is 175 Å². The van der Waals surface area contributed by atoms with Gasteiger partial charge in [-0.15, -0.1) is 0 Å². The summed E-state index contributed by atoms with van der Waals surface area (Å²) in [5, 5.41) is 6.72. The van der Waals surface area contributed by atoms with Gasteiger partial charge < -0.3 is 16.0 Å². The van der Waals surface area contributed by atoms with Gasteiger partial charge in [0.2, 0.25) is 0 Å². The summed E-state index contributed by atoms with van der Waals surface area (Å²) in [5.74, 6) is -1.38. The number of halogens is 4. The second-order valence-electron chi connectivity index (χ2n) is 7.55. The molecule has 11 heteroatoms. The highest BCUT2D eigenvalue weighted by Gasteiger charge is 2.47. The van der Waals surface area contributed by atoms with Crippen LogP contribution < -0.4 is 11.1 Å². The van der Waals surface area contributed by atoms with E-state index in [1.54, 1.807) is 4.68 Å². The van der Waals surface area contributed by atoms with Crippen molar-refractivity contribution in [1.29, 1.82) is 0 Å². The molecule has 0 unspecified atom stereocenters. The molecule has 30 heavy (non-hydrogen) atoms. The van der Waals surface area contributed by atoms with Crippen LogP contribution in [-0.4, -0.2) is 45.1 Å². The van der Waals surface area contributed by atoms with Crippen molar-refractivity contribution in [3.05, 3.63) is 40.3 Å². The highest BCUT2D eigenvalue weighted by Crippen LogP contribution is 2.37. The number of primary amides is 1. The fourth-order valence-corrected chi connectivity index (χ4v) is 4.02. The lowest BCUT2D eigenvalue weighted by atomic mass is 9.77. The summed E-state index contributed by atoms with van der Waals surface area (Å²) in [6.45, 7) is 0.451. The molecule has 2 heterocycles. The van der Waals surface area contributed by atoms with E-state index in [1.807, 2.05) is 0 Å². The Balaban J connectivity index is 1.63. The zero-order valence-electron chi connectivity index (χ0n) is 15.8. The maximum Gasteiger partial charge on any atom is 0.318 e. The van der Waals surface area contributed by atoms with E-state index in [9.17, 15) is 22.8 Å². The van der Waals surface area contributed by atoms with Gasteiger partial charge in [0.05, 0.1) is 29.4 Å². The van der Waals surface area contributed by atoms with E-state index < -0.39 is 29.7 Å². The van der Waals surface area contributed by atoms with E-state index in [1.165, 1.54) is 17.0 Å². The molecular formula is C19H19ClF3N5O2. The molecule has 0 bridgehead atoms. The van der Waals surface area contributed by atoms with E-state index in [0.717, 1.165) is 6.07 Å². The van der Waals surface area contributed by atoms with Gasteiger partial charge in [-0.3, -0.25) is 9.48 Å². The number of aromatic nitrogens is 2. The molecular weight excluding hydrogens is 423 g/mol. The maximum absolute atomic E-state index is 13.5. The van der Waals surface area contributed by atoms with Crippen LogP contribution in [-0.2, 0) is 13.1 Å². The number of nitrogens with zero attached hydrogens (tertiary/aromatic N) is 3. The molecule has 2 aromatic rings. The molecule has 1 fully saturated rings. The molecule has 1 aromatic carbocycles. The first kappa shape index (κ1) is 20.5. The molecule has 1 saturated carbocycles. The van der Waals surface area contributed by atoms with Crippen LogP contribution in [0.15, 0.2) is 18.2 Å². The molecule has 2 aliphatic rings. The van der Waals surface area contributed by atoms with Crippen LogP contribution in [0.2, 0.25) is 5.02 Å². The molecule has 0 spiro atoms. The van der Waals surface area contributed by atoms with Gasteiger partial charge in [0.1, 0.15) is 17.1 Å². The van der Waals surface area contributed by atoms with Crippen molar-refractivity contribution in [2.45, 2.75) is 44.3 Å². The summed E-state index contributed by atoms with van der Waals surface area (Å²) in [6.07, 6.45) is -1.57. The lowest BCUT2D eigenvalue weighted by Crippen LogP contribution is -2.61. The summed E-state index contributed by atoms with van der Waals surface area (Å²) in [7, 11) is 0. The molecule has 1 aliphatic heterocycles. The van der Waals surface area contributed by atoms with E-state index in [4.69, 9.17) is 17.3 Å². The van der Waals surface area contributed by atoms with Crippen molar-refractivity contribution in [2.75, 3.05) is 6.54 Å². The van der Waals surface area contributed by atoms with Crippen LogP contribution in [0.25, 0.3) is 11.3 Å². The van der Waals surface area contributed by atoms with Gasteiger partial charge >= 0.3 is 6.03 Å². The summed E-state index contributed by atoms with van der Waals surface area (Å²) in [5.41, 5.74) is 5.18. The van der Waals surface area contributed by atoms with Crippen LogP contribution >= 0.6 is 11.6 Å².